The number of guanidine groups is 1. The first-order valence-corrected chi connectivity index (χ1v) is 7.88. The van der Waals surface area contributed by atoms with E-state index in [-0.39, 0.29) is 28.8 Å². The SMILES string of the molecule is N#CNC1=NC(c2cccc(OCC(=O)O)c2)c2c(nc(N)c(C#N)c2N)N1. The van der Waals surface area contributed by atoms with Crippen LogP contribution in [0.25, 0.3) is 0 Å². The zero-order valence-electron chi connectivity index (χ0n) is 14.3. The highest BCUT2D eigenvalue weighted by molar-refractivity contribution is 5.98. The van der Waals surface area contributed by atoms with E-state index in [9.17, 15) is 10.1 Å². The van der Waals surface area contributed by atoms with E-state index < -0.39 is 18.6 Å². The molecular formula is C17H14N8O3. The number of carboxylic acids is 1. The lowest BCUT2D eigenvalue weighted by Gasteiger charge is -2.26. The summed E-state index contributed by atoms with van der Waals surface area (Å²) in [5.41, 5.74) is 13.1. The number of nitrogens with zero attached hydrogens (tertiary/aromatic N) is 4. The van der Waals surface area contributed by atoms with Crippen molar-refractivity contribution >= 4 is 29.3 Å². The van der Waals surface area contributed by atoms with E-state index in [1.54, 1.807) is 30.5 Å². The van der Waals surface area contributed by atoms with Crippen LogP contribution in [-0.2, 0) is 4.79 Å². The van der Waals surface area contributed by atoms with Gasteiger partial charge in [-0.2, -0.15) is 10.5 Å². The Bertz CT molecular complexity index is 1070. The van der Waals surface area contributed by atoms with E-state index in [0.29, 0.717) is 16.9 Å². The third kappa shape index (κ3) is 3.40. The molecular weight excluding hydrogens is 364 g/mol. The van der Waals surface area contributed by atoms with Gasteiger partial charge in [-0.15, -0.1) is 0 Å². The molecule has 0 fully saturated rings. The quantitative estimate of drug-likeness (QED) is 0.369. The minimum atomic E-state index is -1.11. The van der Waals surface area contributed by atoms with Gasteiger partial charge in [0.2, 0.25) is 5.96 Å². The molecule has 0 radical (unpaired) electrons. The minimum absolute atomic E-state index is 0.0238. The minimum Gasteiger partial charge on any atom is -0.482 e. The lowest BCUT2D eigenvalue weighted by atomic mass is 9.95. The van der Waals surface area contributed by atoms with Gasteiger partial charge < -0.3 is 26.6 Å². The van der Waals surface area contributed by atoms with Crippen molar-refractivity contribution in [2.45, 2.75) is 6.04 Å². The molecule has 0 saturated carbocycles. The fraction of sp³-hybridized carbons (Fsp3) is 0.118. The molecule has 1 aromatic carbocycles. The molecule has 28 heavy (non-hydrogen) atoms. The average molecular weight is 378 g/mol. The van der Waals surface area contributed by atoms with Crippen molar-refractivity contribution in [2.75, 3.05) is 23.4 Å². The molecule has 2 heterocycles. The van der Waals surface area contributed by atoms with Crippen molar-refractivity contribution < 1.29 is 14.6 Å². The van der Waals surface area contributed by atoms with Crippen LogP contribution in [0, 0.1) is 22.8 Å². The number of carboxylic acid groups (broad SMARTS) is 1. The molecule has 3 rings (SSSR count). The molecule has 140 valence electrons. The highest BCUT2D eigenvalue weighted by Crippen LogP contribution is 2.40. The molecule has 2 aromatic rings. The fourth-order valence-corrected chi connectivity index (χ4v) is 2.74. The van der Waals surface area contributed by atoms with Crippen molar-refractivity contribution in [3.05, 3.63) is 41.0 Å². The predicted molar refractivity (Wildman–Crippen MR) is 99.0 cm³/mol. The van der Waals surface area contributed by atoms with Gasteiger partial charge in [-0.1, -0.05) is 12.1 Å². The molecule has 7 N–H and O–H groups in total. The van der Waals surface area contributed by atoms with Crippen LogP contribution in [0.4, 0.5) is 17.3 Å². The summed E-state index contributed by atoms with van der Waals surface area (Å²) < 4.78 is 5.20. The van der Waals surface area contributed by atoms with Crippen LogP contribution in [0.15, 0.2) is 29.3 Å². The summed E-state index contributed by atoms with van der Waals surface area (Å²) in [5, 5.41) is 32.2. The van der Waals surface area contributed by atoms with E-state index in [1.807, 2.05) is 6.07 Å². The number of hydrogen-bond acceptors (Lipinski definition) is 10. The van der Waals surface area contributed by atoms with Crippen LogP contribution in [-0.4, -0.2) is 28.6 Å². The maximum atomic E-state index is 10.7. The number of carbonyl (C=O) groups is 1. The van der Waals surface area contributed by atoms with Crippen molar-refractivity contribution in [2.24, 2.45) is 4.99 Å². The van der Waals surface area contributed by atoms with Gasteiger partial charge in [0.15, 0.2) is 12.8 Å². The number of aliphatic imine (C=N–C) groups is 1. The number of fused-ring (bicyclic) bond motifs is 1. The number of benzene rings is 1. The summed E-state index contributed by atoms with van der Waals surface area (Å²) in [6, 6.07) is 7.76. The Balaban J connectivity index is 2.13. The number of pyridine rings is 1. The number of hydrogen-bond donors (Lipinski definition) is 5. The van der Waals surface area contributed by atoms with E-state index in [1.165, 1.54) is 0 Å². The molecule has 1 aromatic heterocycles. The van der Waals surface area contributed by atoms with E-state index in [2.05, 4.69) is 20.6 Å². The fourth-order valence-electron chi connectivity index (χ4n) is 2.74. The summed E-state index contributed by atoms with van der Waals surface area (Å²) in [4.78, 5) is 19.3. The zero-order valence-corrected chi connectivity index (χ0v) is 14.3. The number of aliphatic carboxylic acids is 1. The molecule has 1 unspecified atom stereocenters. The molecule has 0 aliphatic carbocycles. The largest absolute Gasteiger partial charge is 0.482 e. The van der Waals surface area contributed by atoms with Crippen LogP contribution in [0.5, 0.6) is 5.75 Å². The molecule has 0 spiro atoms. The summed E-state index contributed by atoms with van der Waals surface area (Å²) >= 11 is 0. The van der Waals surface area contributed by atoms with Crippen molar-refractivity contribution in [1.29, 1.82) is 10.5 Å². The second kappa shape index (κ2) is 7.39. The number of rotatable bonds is 4. The third-order valence-corrected chi connectivity index (χ3v) is 3.89. The first-order valence-electron chi connectivity index (χ1n) is 7.88. The standard InChI is InChI=1S/C17H14N8O3/c18-5-10-13(20)12-14(8-2-1-3-9(4-8)28-6-11(26)27)23-17(22-7-19)25-16(12)24-15(10)21/h1-4,14H,6H2,(H,26,27)(H6,20,21,22,23,24,25). The molecule has 0 amide bonds. The second-order valence-corrected chi connectivity index (χ2v) is 5.66. The number of nitrogens with two attached hydrogens (primary N) is 2. The second-order valence-electron chi connectivity index (χ2n) is 5.66. The topological polar surface area (TPSA) is 195 Å². The van der Waals surface area contributed by atoms with Gasteiger partial charge in [0.25, 0.3) is 0 Å². The van der Waals surface area contributed by atoms with Crippen LogP contribution < -0.4 is 26.8 Å². The number of ether oxygens (including phenoxy) is 1. The lowest BCUT2D eigenvalue weighted by molar-refractivity contribution is -0.139. The van der Waals surface area contributed by atoms with Gasteiger partial charge in [-0.05, 0) is 17.7 Å². The summed E-state index contributed by atoms with van der Waals surface area (Å²) in [6.07, 6.45) is 1.76. The molecule has 1 atom stereocenters. The maximum Gasteiger partial charge on any atom is 0.341 e. The van der Waals surface area contributed by atoms with E-state index in [0.717, 1.165) is 0 Å². The third-order valence-electron chi connectivity index (χ3n) is 3.89. The summed E-state index contributed by atoms with van der Waals surface area (Å²) in [6.45, 7) is -0.504. The Morgan fingerprint density at radius 3 is 2.86 bits per heavy atom. The normalized spacial score (nSPS) is 14.5. The molecule has 11 nitrogen and oxygen atoms in total. The van der Waals surface area contributed by atoms with Gasteiger partial charge in [0.1, 0.15) is 35.1 Å². The number of nitrogens with one attached hydrogen (secondary N) is 2. The Hall–Kier alpha value is -4.51. The molecule has 0 bridgehead atoms. The van der Waals surface area contributed by atoms with Gasteiger partial charge in [0.05, 0.1) is 5.69 Å². The zero-order chi connectivity index (χ0) is 20.3. The van der Waals surface area contributed by atoms with E-state index >= 15 is 0 Å². The van der Waals surface area contributed by atoms with Crippen LogP contribution in [0.2, 0.25) is 0 Å². The molecule has 11 heteroatoms. The number of nitriles is 2. The average Bonchev–Trinajstić information content (AvgIpc) is 2.66. The summed E-state index contributed by atoms with van der Waals surface area (Å²) in [5.74, 6) is -0.482. The Labute approximate surface area is 158 Å². The first kappa shape index (κ1) is 18.3. The number of anilines is 3. The van der Waals surface area contributed by atoms with Crippen molar-refractivity contribution in [1.82, 2.24) is 10.3 Å². The monoisotopic (exact) mass is 378 g/mol. The van der Waals surface area contributed by atoms with Crippen molar-refractivity contribution in [3.63, 3.8) is 0 Å². The Morgan fingerprint density at radius 2 is 2.18 bits per heavy atom. The highest BCUT2D eigenvalue weighted by Gasteiger charge is 2.29. The first-order chi connectivity index (χ1) is 13.4. The van der Waals surface area contributed by atoms with Gasteiger partial charge >= 0.3 is 5.97 Å². The predicted octanol–water partition coefficient (Wildman–Crippen LogP) is 0.523. The van der Waals surface area contributed by atoms with Crippen LogP contribution in [0.1, 0.15) is 22.7 Å². The van der Waals surface area contributed by atoms with Crippen LogP contribution >= 0.6 is 0 Å². The summed E-state index contributed by atoms with van der Waals surface area (Å²) in [7, 11) is 0. The van der Waals surface area contributed by atoms with Crippen LogP contribution in [0.3, 0.4) is 0 Å². The number of aromatic nitrogens is 1. The van der Waals surface area contributed by atoms with Gasteiger partial charge in [0, 0.05) is 5.56 Å². The smallest absolute Gasteiger partial charge is 0.341 e. The van der Waals surface area contributed by atoms with Gasteiger partial charge in [-0.3, -0.25) is 5.32 Å². The van der Waals surface area contributed by atoms with Crippen molar-refractivity contribution in [3.8, 4) is 18.0 Å². The Kier molecular flexibility index (Phi) is 4.83. The van der Waals surface area contributed by atoms with Gasteiger partial charge in [-0.25, -0.2) is 14.8 Å². The van der Waals surface area contributed by atoms with E-state index in [4.69, 9.17) is 26.6 Å². The Morgan fingerprint density at radius 1 is 1.39 bits per heavy atom. The number of nitrogen functional groups attached to an aromatic ring is 2. The molecule has 0 saturated heterocycles. The lowest BCUT2D eigenvalue weighted by Crippen LogP contribution is -2.32. The molecule has 1 aliphatic rings. The maximum absolute atomic E-state index is 10.7. The highest BCUT2D eigenvalue weighted by atomic mass is 16.5. The molecule has 1 aliphatic heterocycles.